The molecule has 0 aliphatic heterocycles. The molecule has 54 heavy (non-hydrogen) atoms. The second-order valence-corrected chi connectivity index (χ2v) is 18.6. The normalized spacial score (nSPS) is 15.0. The van der Waals surface area contributed by atoms with Gasteiger partial charge in [0.05, 0.1) is 0 Å². The molecule has 0 atom stereocenters. The van der Waals surface area contributed by atoms with Crippen molar-refractivity contribution in [3.8, 4) is 44.5 Å². The highest BCUT2D eigenvalue weighted by Crippen LogP contribution is 2.52. The van der Waals surface area contributed by atoms with Gasteiger partial charge in [-0.05, 0) is 114 Å². The van der Waals surface area contributed by atoms with Gasteiger partial charge in [-0.2, -0.15) is 0 Å². The summed E-state index contributed by atoms with van der Waals surface area (Å²) in [4.78, 5) is 0. The highest BCUT2D eigenvalue weighted by molar-refractivity contribution is 7.26. The van der Waals surface area contributed by atoms with Crippen molar-refractivity contribution >= 4 is 73.8 Å². The molecule has 10 aromatic rings. The number of thiophene rings is 2. The van der Waals surface area contributed by atoms with E-state index in [1.807, 2.05) is 22.7 Å². The molecule has 0 saturated heterocycles. The maximum atomic E-state index is 2.44. The third-order valence-corrected chi connectivity index (χ3v) is 15.1. The SMILES string of the molecule is CC1(C)c2ccccc2-c2ccc(-c3ccc4c(c3)sc3ccc5c(ccc6sc7cc(-c8ccc9c(c8)C(C)(C)c8ccccc8-9)ccc7c65)c34)cc21. The summed E-state index contributed by atoms with van der Waals surface area (Å²) in [6.45, 7) is 9.45. The van der Waals surface area contributed by atoms with E-state index >= 15 is 0 Å². The van der Waals surface area contributed by atoms with E-state index in [1.54, 1.807) is 0 Å². The van der Waals surface area contributed by atoms with Crippen LogP contribution in [0.4, 0.5) is 0 Å². The molecule has 0 fully saturated rings. The molecule has 12 rings (SSSR count). The fourth-order valence-corrected chi connectivity index (χ4v) is 12.4. The zero-order valence-electron chi connectivity index (χ0n) is 30.7. The smallest absolute Gasteiger partial charge is 0.0361 e. The van der Waals surface area contributed by atoms with Crippen LogP contribution in [-0.4, -0.2) is 0 Å². The first kappa shape index (κ1) is 30.9. The summed E-state index contributed by atoms with van der Waals surface area (Å²) >= 11 is 3.84. The Morgan fingerprint density at radius 2 is 0.685 bits per heavy atom. The van der Waals surface area contributed by atoms with Gasteiger partial charge in [0.15, 0.2) is 0 Å². The fourth-order valence-electron chi connectivity index (χ4n) is 10.1. The minimum Gasteiger partial charge on any atom is -0.135 e. The van der Waals surface area contributed by atoms with Crippen molar-refractivity contribution in [2.45, 2.75) is 38.5 Å². The second-order valence-electron chi connectivity index (χ2n) is 16.5. The first-order valence-electron chi connectivity index (χ1n) is 19.0. The molecule has 0 radical (unpaired) electrons. The standard InChI is InChI=1S/C52H36S2/c1-51(2)41-11-7-5-9-33(41)35-17-13-29(25-43(35)51)31-15-19-39-47(27-31)53-45-23-21-38-37(49(39)45)22-24-46-50(38)40-20-16-32(28-48(40)54-46)30-14-18-36-34-10-6-8-12-42(34)52(3,4)44(36)26-30/h5-28H,1-4H3. The van der Waals surface area contributed by atoms with Crippen molar-refractivity contribution < 1.29 is 0 Å². The predicted molar refractivity (Wildman–Crippen MR) is 236 cm³/mol. The quantitative estimate of drug-likeness (QED) is 0.167. The van der Waals surface area contributed by atoms with Gasteiger partial charge in [0, 0.05) is 51.2 Å². The van der Waals surface area contributed by atoms with Crippen LogP contribution in [0.1, 0.15) is 49.9 Å². The molecular formula is C52H36S2. The van der Waals surface area contributed by atoms with E-state index in [9.17, 15) is 0 Å². The molecule has 0 spiro atoms. The molecule has 0 unspecified atom stereocenters. The third kappa shape index (κ3) is 4.02. The summed E-state index contributed by atoms with van der Waals surface area (Å²) in [7, 11) is 0. The van der Waals surface area contributed by atoms with Crippen molar-refractivity contribution in [3.05, 3.63) is 168 Å². The Morgan fingerprint density at radius 1 is 0.315 bits per heavy atom. The average Bonchev–Trinajstić information content (AvgIpc) is 3.90. The molecule has 2 aliphatic rings. The van der Waals surface area contributed by atoms with Crippen molar-refractivity contribution in [1.29, 1.82) is 0 Å². The van der Waals surface area contributed by atoms with Crippen molar-refractivity contribution in [1.82, 2.24) is 0 Å². The minimum absolute atomic E-state index is 0.00665. The van der Waals surface area contributed by atoms with Crippen LogP contribution < -0.4 is 0 Å². The number of hydrogen-bond acceptors (Lipinski definition) is 2. The van der Waals surface area contributed by atoms with Crippen LogP contribution in [0, 0.1) is 0 Å². The Labute approximate surface area is 323 Å². The monoisotopic (exact) mass is 724 g/mol. The summed E-state index contributed by atoms with van der Waals surface area (Å²) < 4.78 is 5.39. The van der Waals surface area contributed by atoms with Gasteiger partial charge >= 0.3 is 0 Å². The summed E-state index contributed by atoms with van der Waals surface area (Å²) in [5.41, 5.74) is 16.3. The molecule has 0 bridgehead atoms. The number of hydrogen-bond donors (Lipinski definition) is 0. The number of rotatable bonds is 2. The fraction of sp³-hybridized carbons (Fsp3) is 0.115. The Kier molecular flexibility index (Phi) is 6.04. The van der Waals surface area contributed by atoms with Crippen molar-refractivity contribution in [3.63, 3.8) is 0 Å². The molecule has 2 heterocycles. The molecular weight excluding hydrogens is 689 g/mol. The Balaban J connectivity index is 0.956. The number of fused-ring (bicyclic) bond motifs is 15. The minimum atomic E-state index is -0.00665. The van der Waals surface area contributed by atoms with Gasteiger partial charge in [-0.25, -0.2) is 0 Å². The third-order valence-electron chi connectivity index (χ3n) is 12.9. The van der Waals surface area contributed by atoms with Gasteiger partial charge in [0.25, 0.3) is 0 Å². The van der Waals surface area contributed by atoms with Crippen LogP contribution in [0.15, 0.2) is 146 Å². The summed E-state index contributed by atoms with van der Waals surface area (Å²) in [6.07, 6.45) is 0. The molecule has 0 N–H and O–H groups in total. The molecule has 8 aromatic carbocycles. The van der Waals surface area contributed by atoms with Crippen LogP contribution in [-0.2, 0) is 10.8 Å². The zero-order chi connectivity index (χ0) is 36.1. The lowest BCUT2D eigenvalue weighted by Crippen LogP contribution is -2.14. The molecule has 2 heteroatoms. The van der Waals surface area contributed by atoms with E-state index < -0.39 is 0 Å². The van der Waals surface area contributed by atoms with E-state index in [0.717, 1.165) is 0 Å². The van der Waals surface area contributed by atoms with Gasteiger partial charge in [0.1, 0.15) is 0 Å². The van der Waals surface area contributed by atoms with Gasteiger partial charge in [-0.1, -0.05) is 137 Å². The Bertz CT molecular complexity index is 3050. The first-order chi connectivity index (χ1) is 26.3. The maximum absolute atomic E-state index is 2.44. The lowest BCUT2D eigenvalue weighted by Gasteiger charge is -2.22. The van der Waals surface area contributed by atoms with Gasteiger partial charge < -0.3 is 0 Å². The second kappa shape index (κ2) is 10.6. The van der Waals surface area contributed by atoms with Crippen LogP contribution >= 0.6 is 22.7 Å². The highest BCUT2D eigenvalue weighted by atomic mass is 32.1. The van der Waals surface area contributed by atoms with Crippen LogP contribution in [0.3, 0.4) is 0 Å². The average molecular weight is 725 g/mol. The van der Waals surface area contributed by atoms with E-state index in [0.29, 0.717) is 0 Å². The molecule has 2 aromatic heterocycles. The van der Waals surface area contributed by atoms with E-state index in [1.165, 1.54) is 118 Å². The molecule has 2 aliphatic carbocycles. The molecule has 0 amide bonds. The van der Waals surface area contributed by atoms with E-state index in [2.05, 4.69) is 173 Å². The van der Waals surface area contributed by atoms with E-state index in [-0.39, 0.29) is 10.8 Å². The van der Waals surface area contributed by atoms with Gasteiger partial charge in [0.2, 0.25) is 0 Å². The van der Waals surface area contributed by atoms with Crippen LogP contribution in [0.25, 0.3) is 95.6 Å². The van der Waals surface area contributed by atoms with Gasteiger partial charge in [-0.15, -0.1) is 22.7 Å². The Hall–Kier alpha value is -5.54. The van der Waals surface area contributed by atoms with E-state index in [4.69, 9.17) is 0 Å². The molecule has 0 nitrogen and oxygen atoms in total. The topological polar surface area (TPSA) is 0 Å². The van der Waals surface area contributed by atoms with Crippen LogP contribution in [0.2, 0.25) is 0 Å². The van der Waals surface area contributed by atoms with Crippen molar-refractivity contribution in [2.24, 2.45) is 0 Å². The number of benzene rings is 8. The lowest BCUT2D eigenvalue weighted by molar-refractivity contribution is 0.660. The largest absolute Gasteiger partial charge is 0.135 e. The molecule has 0 saturated carbocycles. The zero-order valence-corrected chi connectivity index (χ0v) is 32.3. The summed E-state index contributed by atoms with van der Waals surface area (Å²) in [6, 6.07) is 55.7. The highest BCUT2D eigenvalue weighted by Gasteiger charge is 2.36. The summed E-state index contributed by atoms with van der Waals surface area (Å²) in [5.74, 6) is 0. The lowest BCUT2D eigenvalue weighted by atomic mass is 9.81. The van der Waals surface area contributed by atoms with Crippen molar-refractivity contribution in [2.75, 3.05) is 0 Å². The maximum Gasteiger partial charge on any atom is 0.0361 e. The predicted octanol–water partition coefficient (Wildman–Crippen LogP) is 15.5. The molecule has 256 valence electrons. The summed E-state index contributed by atoms with van der Waals surface area (Å²) in [5, 5.41) is 8.15. The van der Waals surface area contributed by atoms with Crippen LogP contribution in [0.5, 0.6) is 0 Å². The first-order valence-corrected chi connectivity index (χ1v) is 20.6. The Morgan fingerprint density at radius 3 is 1.15 bits per heavy atom. The van der Waals surface area contributed by atoms with Gasteiger partial charge in [-0.3, -0.25) is 0 Å².